The molecule has 4 heteroatoms. The molecule has 1 aliphatic heterocycles. The van der Waals surface area contributed by atoms with Gasteiger partial charge in [-0.1, -0.05) is 23.7 Å². The molecule has 3 atom stereocenters. The molecule has 1 fully saturated rings. The van der Waals surface area contributed by atoms with Crippen LogP contribution in [0.4, 0.5) is 0 Å². The standard InChI is InChI=1S/C15H24ClN3/c1-11-9-19(10-12(2)18(11)3)15(8-17)13-5-4-6-14(16)7-13/h4-7,11-12,15H,8-10,17H2,1-3H3. The van der Waals surface area contributed by atoms with Gasteiger partial charge in [0.1, 0.15) is 0 Å². The van der Waals surface area contributed by atoms with Gasteiger partial charge in [-0.15, -0.1) is 0 Å². The number of halogens is 1. The van der Waals surface area contributed by atoms with Gasteiger partial charge in [-0.3, -0.25) is 9.80 Å². The number of benzene rings is 1. The lowest BCUT2D eigenvalue weighted by atomic mass is 10.0. The third kappa shape index (κ3) is 3.29. The molecule has 0 bridgehead atoms. The van der Waals surface area contributed by atoms with Gasteiger partial charge in [0.25, 0.3) is 0 Å². The van der Waals surface area contributed by atoms with Crippen molar-refractivity contribution in [3.05, 3.63) is 34.9 Å². The topological polar surface area (TPSA) is 32.5 Å². The van der Waals surface area contributed by atoms with Crippen LogP contribution in [-0.2, 0) is 0 Å². The van der Waals surface area contributed by atoms with Gasteiger partial charge < -0.3 is 5.73 Å². The molecule has 1 aromatic rings. The van der Waals surface area contributed by atoms with Crippen LogP contribution in [-0.4, -0.2) is 48.6 Å². The minimum Gasteiger partial charge on any atom is -0.329 e. The maximum absolute atomic E-state index is 6.10. The van der Waals surface area contributed by atoms with E-state index in [9.17, 15) is 0 Å². The van der Waals surface area contributed by atoms with Gasteiger partial charge in [-0.2, -0.15) is 0 Å². The Labute approximate surface area is 121 Å². The Hall–Kier alpha value is -0.610. The summed E-state index contributed by atoms with van der Waals surface area (Å²) in [6, 6.07) is 9.44. The van der Waals surface area contributed by atoms with E-state index >= 15 is 0 Å². The Bertz CT molecular complexity index is 412. The van der Waals surface area contributed by atoms with Crippen LogP contribution >= 0.6 is 11.6 Å². The van der Waals surface area contributed by atoms with Crippen LogP contribution in [0, 0.1) is 0 Å². The van der Waals surface area contributed by atoms with E-state index in [1.165, 1.54) is 5.56 Å². The number of nitrogens with two attached hydrogens (primary N) is 1. The van der Waals surface area contributed by atoms with Gasteiger partial charge in [0.15, 0.2) is 0 Å². The first-order valence-corrected chi connectivity index (χ1v) is 7.32. The first kappa shape index (κ1) is 14.8. The third-order valence-electron chi connectivity index (χ3n) is 4.29. The van der Waals surface area contributed by atoms with Crippen molar-refractivity contribution < 1.29 is 0 Å². The molecule has 0 aromatic heterocycles. The second-order valence-electron chi connectivity index (χ2n) is 5.62. The highest BCUT2D eigenvalue weighted by molar-refractivity contribution is 6.30. The molecule has 0 radical (unpaired) electrons. The lowest BCUT2D eigenvalue weighted by Gasteiger charge is -2.45. The van der Waals surface area contributed by atoms with Crippen molar-refractivity contribution in [2.45, 2.75) is 32.0 Å². The van der Waals surface area contributed by atoms with Crippen LogP contribution in [0.5, 0.6) is 0 Å². The molecule has 0 amide bonds. The highest BCUT2D eigenvalue weighted by atomic mass is 35.5. The van der Waals surface area contributed by atoms with Crippen LogP contribution in [0.25, 0.3) is 0 Å². The average Bonchev–Trinajstić information content (AvgIpc) is 2.37. The summed E-state index contributed by atoms with van der Waals surface area (Å²) < 4.78 is 0. The molecule has 1 saturated heterocycles. The summed E-state index contributed by atoms with van der Waals surface area (Å²) >= 11 is 6.10. The molecule has 1 aliphatic rings. The molecule has 0 aliphatic carbocycles. The SMILES string of the molecule is CC1CN(C(CN)c2cccc(Cl)c2)CC(C)N1C. The molecular weight excluding hydrogens is 258 g/mol. The zero-order chi connectivity index (χ0) is 14.0. The Morgan fingerprint density at radius 3 is 2.47 bits per heavy atom. The first-order valence-electron chi connectivity index (χ1n) is 6.94. The molecular formula is C15H24ClN3. The summed E-state index contributed by atoms with van der Waals surface area (Å²) in [4.78, 5) is 4.92. The second kappa shape index (κ2) is 6.23. The molecule has 0 spiro atoms. The smallest absolute Gasteiger partial charge is 0.0472 e. The van der Waals surface area contributed by atoms with E-state index in [2.05, 4.69) is 36.8 Å². The highest BCUT2D eigenvalue weighted by Gasteiger charge is 2.30. The second-order valence-corrected chi connectivity index (χ2v) is 6.06. The fourth-order valence-electron chi connectivity index (χ4n) is 2.91. The Kier molecular flexibility index (Phi) is 4.85. The normalized spacial score (nSPS) is 27.4. The van der Waals surface area contributed by atoms with Crippen molar-refractivity contribution in [2.24, 2.45) is 5.73 Å². The van der Waals surface area contributed by atoms with Crippen LogP contribution in [0.2, 0.25) is 5.02 Å². The van der Waals surface area contributed by atoms with Crippen molar-refractivity contribution in [3.63, 3.8) is 0 Å². The summed E-state index contributed by atoms with van der Waals surface area (Å²) in [5.41, 5.74) is 7.23. The maximum atomic E-state index is 6.10. The number of rotatable bonds is 3. The first-order chi connectivity index (χ1) is 9.02. The molecule has 3 unspecified atom stereocenters. The van der Waals surface area contributed by atoms with E-state index in [1.54, 1.807) is 0 Å². The molecule has 0 saturated carbocycles. The van der Waals surface area contributed by atoms with Crippen molar-refractivity contribution >= 4 is 11.6 Å². The van der Waals surface area contributed by atoms with Gasteiger partial charge in [0, 0.05) is 42.8 Å². The Morgan fingerprint density at radius 1 is 1.32 bits per heavy atom. The average molecular weight is 282 g/mol. The number of nitrogens with zero attached hydrogens (tertiary/aromatic N) is 2. The Morgan fingerprint density at radius 2 is 1.95 bits per heavy atom. The summed E-state index contributed by atoms with van der Waals surface area (Å²) in [7, 11) is 2.20. The lowest BCUT2D eigenvalue weighted by molar-refractivity contribution is 0.0352. The summed E-state index contributed by atoms with van der Waals surface area (Å²) in [5.74, 6) is 0. The molecule has 3 nitrogen and oxygen atoms in total. The van der Waals surface area contributed by atoms with E-state index in [0.717, 1.165) is 18.1 Å². The Balaban J connectivity index is 2.18. The van der Waals surface area contributed by atoms with E-state index in [1.807, 2.05) is 18.2 Å². The molecule has 19 heavy (non-hydrogen) atoms. The zero-order valence-corrected chi connectivity index (χ0v) is 12.8. The monoisotopic (exact) mass is 281 g/mol. The van der Waals surface area contributed by atoms with E-state index in [4.69, 9.17) is 17.3 Å². The van der Waals surface area contributed by atoms with Crippen molar-refractivity contribution in [1.29, 1.82) is 0 Å². The summed E-state index contributed by atoms with van der Waals surface area (Å²) in [5, 5.41) is 0.783. The maximum Gasteiger partial charge on any atom is 0.0472 e. The van der Waals surface area contributed by atoms with Gasteiger partial charge >= 0.3 is 0 Å². The van der Waals surface area contributed by atoms with Crippen LogP contribution < -0.4 is 5.73 Å². The zero-order valence-electron chi connectivity index (χ0n) is 12.0. The van der Waals surface area contributed by atoms with Crippen LogP contribution in [0.1, 0.15) is 25.5 Å². The van der Waals surface area contributed by atoms with Gasteiger partial charge in [-0.25, -0.2) is 0 Å². The van der Waals surface area contributed by atoms with Gasteiger partial charge in [0.05, 0.1) is 0 Å². The summed E-state index contributed by atoms with van der Waals surface area (Å²) in [6.45, 7) is 7.27. The van der Waals surface area contributed by atoms with Gasteiger partial charge in [0.2, 0.25) is 0 Å². The lowest BCUT2D eigenvalue weighted by Crippen LogP contribution is -2.56. The van der Waals surface area contributed by atoms with Crippen molar-refractivity contribution in [2.75, 3.05) is 26.7 Å². The van der Waals surface area contributed by atoms with Gasteiger partial charge in [-0.05, 0) is 38.6 Å². The molecule has 106 valence electrons. The van der Waals surface area contributed by atoms with E-state index in [0.29, 0.717) is 18.6 Å². The predicted molar refractivity (Wildman–Crippen MR) is 81.5 cm³/mol. The minimum atomic E-state index is 0.261. The fraction of sp³-hybridized carbons (Fsp3) is 0.600. The van der Waals surface area contributed by atoms with E-state index in [-0.39, 0.29) is 6.04 Å². The number of likely N-dealkylation sites (N-methyl/N-ethyl adjacent to an activating group) is 1. The fourth-order valence-corrected chi connectivity index (χ4v) is 3.11. The van der Waals surface area contributed by atoms with Crippen molar-refractivity contribution in [1.82, 2.24) is 9.80 Å². The van der Waals surface area contributed by atoms with Crippen LogP contribution in [0.3, 0.4) is 0 Å². The van der Waals surface area contributed by atoms with Crippen molar-refractivity contribution in [3.8, 4) is 0 Å². The molecule has 1 heterocycles. The number of hydrogen-bond acceptors (Lipinski definition) is 3. The van der Waals surface area contributed by atoms with Crippen LogP contribution in [0.15, 0.2) is 24.3 Å². The predicted octanol–water partition coefficient (Wildman–Crippen LogP) is 2.36. The van der Waals surface area contributed by atoms with E-state index < -0.39 is 0 Å². The summed E-state index contributed by atoms with van der Waals surface area (Å²) in [6.07, 6.45) is 0. The highest BCUT2D eigenvalue weighted by Crippen LogP contribution is 2.26. The minimum absolute atomic E-state index is 0.261. The molecule has 2 N–H and O–H groups in total. The largest absolute Gasteiger partial charge is 0.329 e. The number of hydrogen-bond donors (Lipinski definition) is 1. The third-order valence-corrected chi connectivity index (χ3v) is 4.52. The molecule has 2 rings (SSSR count). The quantitative estimate of drug-likeness (QED) is 0.923. The molecule has 1 aromatic carbocycles. The number of piperazine rings is 1.